The molecule has 1 amide bonds. The maximum atomic E-state index is 13.4. The molecule has 2 aromatic rings. The molecule has 2 aliphatic rings. The predicted octanol–water partition coefficient (Wildman–Crippen LogP) is 5.48. The Morgan fingerprint density at radius 1 is 1.29 bits per heavy atom. The molecule has 5 nitrogen and oxygen atoms in total. The minimum absolute atomic E-state index is 0.0625. The number of ether oxygens (including phenoxy) is 1. The molecule has 0 radical (unpaired) electrons. The van der Waals surface area contributed by atoms with Crippen molar-refractivity contribution in [3.63, 3.8) is 0 Å². The van der Waals surface area contributed by atoms with Crippen LogP contribution in [-0.2, 0) is 4.79 Å². The smallest absolute Gasteiger partial charge is 0.267 e. The van der Waals surface area contributed by atoms with Gasteiger partial charge in [-0.3, -0.25) is 9.69 Å². The Labute approximate surface area is 173 Å². The lowest BCUT2D eigenvalue weighted by Crippen LogP contribution is -2.40. The van der Waals surface area contributed by atoms with E-state index in [1.807, 2.05) is 41.5 Å². The number of amidine groups is 1. The molecule has 0 bridgehead atoms. The number of nitrogens with zero attached hydrogens (tertiary/aromatic N) is 3. The first-order valence-electron chi connectivity index (χ1n) is 9.52. The average molecular weight is 414 g/mol. The normalized spacial score (nSPS) is 21.4. The van der Waals surface area contributed by atoms with Gasteiger partial charge in [-0.05, 0) is 54.8 Å². The van der Waals surface area contributed by atoms with Gasteiger partial charge < -0.3 is 4.74 Å². The number of amides is 1. The fourth-order valence-corrected chi connectivity index (χ4v) is 5.36. The Balaban J connectivity index is 1.73. The lowest BCUT2D eigenvalue weighted by molar-refractivity contribution is -0.124. The molecular formula is C21H23N3O2S2. The van der Waals surface area contributed by atoms with Gasteiger partial charge in [0.2, 0.25) is 5.13 Å². The highest BCUT2D eigenvalue weighted by Gasteiger charge is 2.40. The maximum Gasteiger partial charge on any atom is 0.267 e. The fraction of sp³-hybridized carbons (Fsp3) is 0.381. The molecule has 0 spiro atoms. The number of rotatable bonds is 4. The summed E-state index contributed by atoms with van der Waals surface area (Å²) in [7, 11) is 1.65. The summed E-state index contributed by atoms with van der Waals surface area (Å²) in [6, 6.07) is 8.07. The summed E-state index contributed by atoms with van der Waals surface area (Å²) in [5, 5.41) is 3.35. The van der Waals surface area contributed by atoms with Crippen molar-refractivity contribution in [2.45, 2.75) is 45.1 Å². The number of carbonyl (C=O) groups is 1. The van der Waals surface area contributed by atoms with Crippen molar-refractivity contribution < 1.29 is 9.53 Å². The van der Waals surface area contributed by atoms with Crippen LogP contribution >= 0.6 is 23.1 Å². The van der Waals surface area contributed by atoms with Crippen LogP contribution < -0.4 is 4.74 Å². The van der Waals surface area contributed by atoms with Gasteiger partial charge in [0, 0.05) is 17.6 Å². The van der Waals surface area contributed by atoms with Crippen LogP contribution in [0.3, 0.4) is 0 Å². The molecule has 1 saturated heterocycles. The van der Waals surface area contributed by atoms with Crippen molar-refractivity contribution in [1.82, 2.24) is 9.88 Å². The van der Waals surface area contributed by atoms with E-state index in [9.17, 15) is 4.79 Å². The Bertz CT molecular complexity index is 915. The molecule has 2 heterocycles. The van der Waals surface area contributed by atoms with Crippen LogP contribution in [0, 0.1) is 0 Å². The van der Waals surface area contributed by atoms with Gasteiger partial charge in [0.25, 0.3) is 5.91 Å². The summed E-state index contributed by atoms with van der Waals surface area (Å²) in [6.07, 6.45) is 7.39. The first-order chi connectivity index (χ1) is 13.7. The van der Waals surface area contributed by atoms with Gasteiger partial charge in [0.05, 0.1) is 12.0 Å². The number of benzene rings is 1. The molecule has 146 valence electrons. The SMILES string of the molecule is COc1cccc(/C(C)=C2\S/C(=N/c3nccs3)N(C3CCCCC3)C2=O)c1. The molecule has 0 N–H and O–H groups in total. The van der Waals surface area contributed by atoms with E-state index < -0.39 is 0 Å². The van der Waals surface area contributed by atoms with Crippen molar-refractivity contribution in [2.75, 3.05) is 7.11 Å². The Morgan fingerprint density at radius 2 is 2.11 bits per heavy atom. The lowest BCUT2D eigenvalue weighted by Gasteiger charge is -2.30. The van der Waals surface area contributed by atoms with Gasteiger partial charge in [-0.1, -0.05) is 31.4 Å². The Hall–Kier alpha value is -2.12. The second-order valence-corrected chi connectivity index (χ2v) is 8.81. The second-order valence-electron chi connectivity index (χ2n) is 6.96. The minimum Gasteiger partial charge on any atom is -0.497 e. The van der Waals surface area contributed by atoms with E-state index in [1.165, 1.54) is 29.5 Å². The largest absolute Gasteiger partial charge is 0.497 e. The lowest BCUT2D eigenvalue weighted by atomic mass is 9.94. The summed E-state index contributed by atoms with van der Waals surface area (Å²) in [5.41, 5.74) is 1.95. The molecule has 4 rings (SSSR count). The van der Waals surface area contributed by atoms with Crippen molar-refractivity contribution in [1.29, 1.82) is 0 Å². The van der Waals surface area contributed by atoms with Crippen molar-refractivity contribution in [3.8, 4) is 5.75 Å². The molecule has 1 aromatic carbocycles. The summed E-state index contributed by atoms with van der Waals surface area (Å²) in [5.74, 6) is 0.848. The van der Waals surface area contributed by atoms with Gasteiger partial charge in [-0.25, -0.2) is 4.98 Å². The number of carbonyl (C=O) groups excluding carboxylic acids is 1. The standard InChI is InChI=1S/C21H23N3O2S2/c1-14(15-7-6-10-17(13-15)26-2)18-19(25)24(16-8-4-3-5-9-16)21(28-18)23-20-22-11-12-27-20/h6-7,10-13,16H,3-5,8-9H2,1-2H3/b18-14-,23-21+. The molecule has 2 fully saturated rings. The summed E-state index contributed by atoms with van der Waals surface area (Å²) < 4.78 is 5.35. The molecule has 1 aliphatic carbocycles. The molecule has 1 aromatic heterocycles. The average Bonchev–Trinajstić information content (AvgIpc) is 3.36. The molecule has 1 aliphatic heterocycles. The first kappa shape index (κ1) is 19.2. The minimum atomic E-state index is 0.0625. The third kappa shape index (κ3) is 3.86. The maximum absolute atomic E-state index is 13.4. The third-order valence-corrected chi connectivity index (χ3v) is 7.03. The first-order valence-corrected chi connectivity index (χ1v) is 11.2. The number of aliphatic imine (C=N–C) groups is 1. The number of hydrogen-bond donors (Lipinski definition) is 0. The van der Waals surface area contributed by atoms with Crippen LogP contribution in [0.5, 0.6) is 5.75 Å². The molecule has 1 saturated carbocycles. The summed E-state index contributed by atoms with van der Waals surface area (Å²) >= 11 is 2.96. The highest BCUT2D eigenvalue weighted by molar-refractivity contribution is 8.18. The predicted molar refractivity (Wildman–Crippen MR) is 116 cm³/mol. The third-order valence-electron chi connectivity index (χ3n) is 5.21. The van der Waals surface area contributed by atoms with Gasteiger partial charge in [0.15, 0.2) is 5.17 Å². The number of hydrogen-bond acceptors (Lipinski definition) is 6. The molecule has 0 unspecified atom stereocenters. The Kier molecular flexibility index (Phi) is 5.82. The highest BCUT2D eigenvalue weighted by atomic mass is 32.2. The van der Waals surface area contributed by atoms with E-state index in [4.69, 9.17) is 9.73 Å². The van der Waals surface area contributed by atoms with E-state index in [0.717, 1.165) is 52.6 Å². The van der Waals surface area contributed by atoms with E-state index >= 15 is 0 Å². The molecule has 28 heavy (non-hydrogen) atoms. The zero-order chi connectivity index (χ0) is 19.5. The number of thiazole rings is 1. The van der Waals surface area contributed by atoms with Crippen LogP contribution in [0.15, 0.2) is 45.7 Å². The zero-order valence-corrected chi connectivity index (χ0v) is 17.7. The topological polar surface area (TPSA) is 54.8 Å². The van der Waals surface area contributed by atoms with E-state index in [2.05, 4.69) is 4.98 Å². The number of aromatic nitrogens is 1. The van der Waals surface area contributed by atoms with E-state index in [-0.39, 0.29) is 11.9 Å². The van der Waals surface area contributed by atoms with E-state index in [1.54, 1.807) is 13.3 Å². The highest BCUT2D eigenvalue weighted by Crippen LogP contribution is 2.41. The fourth-order valence-electron chi connectivity index (χ4n) is 3.70. The molecular weight excluding hydrogens is 390 g/mol. The van der Waals surface area contributed by atoms with Crippen LogP contribution in [0.4, 0.5) is 5.13 Å². The quantitative estimate of drug-likeness (QED) is 0.623. The monoisotopic (exact) mass is 413 g/mol. The van der Waals surface area contributed by atoms with Gasteiger partial charge in [-0.2, -0.15) is 4.99 Å². The van der Waals surface area contributed by atoms with Crippen LogP contribution in [-0.4, -0.2) is 34.1 Å². The van der Waals surface area contributed by atoms with Gasteiger partial charge >= 0.3 is 0 Å². The van der Waals surface area contributed by atoms with Gasteiger partial charge in [-0.15, -0.1) is 11.3 Å². The second kappa shape index (κ2) is 8.49. The van der Waals surface area contributed by atoms with Crippen LogP contribution in [0.25, 0.3) is 5.57 Å². The number of allylic oxidation sites excluding steroid dienone is 1. The van der Waals surface area contributed by atoms with Crippen LogP contribution in [0.2, 0.25) is 0 Å². The van der Waals surface area contributed by atoms with Crippen molar-refractivity contribution in [2.24, 2.45) is 4.99 Å². The Morgan fingerprint density at radius 3 is 2.82 bits per heavy atom. The summed E-state index contributed by atoms with van der Waals surface area (Å²) in [6.45, 7) is 2.00. The summed E-state index contributed by atoms with van der Waals surface area (Å²) in [4.78, 5) is 25.1. The number of thioether (sulfide) groups is 1. The molecule has 0 atom stereocenters. The number of methoxy groups -OCH3 is 1. The van der Waals surface area contributed by atoms with Crippen LogP contribution in [0.1, 0.15) is 44.6 Å². The van der Waals surface area contributed by atoms with E-state index in [0.29, 0.717) is 5.13 Å². The zero-order valence-electron chi connectivity index (χ0n) is 16.1. The molecule has 7 heteroatoms. The van der Waals surface area contributed by atoms with Crippen molar-refractivity contribution >= 4 is 44.9 Å². The van der Waals surface area contributed by atoms with Crippen molar-refractivity contribution in [3.05, 3.63) is 46.3 Å². The van der Waals surface area contributed by atoms with Gasteiger partial charge in [0.1, 0.15) is 5.75 Å².